The molecule has 0 bridgehead atoms. The lowest BCUT2D eigenvalue weighted by atomic mass is 9.99. The molecule has 0 aromatic rings. The first kappa shape index (κ1) is 36.2. The van der Waals surface area contributed by atoms with Crippen LogP contribution >= 0.6 is 0 Å². The van der Waals surface area contributed by atoms with Gasteiger partial charge in [0.1, 0.15) is 6.10 Å². The van der Waals surface area contributed by atoms with Crippen LogP contribution in [0.3, 0.4) is 0 Å². The smallest absolute Gasteiger partial charge is 0.334 e. The molecule has 2 aliphatic rings. The monoisotopic (exact) mass is 580 g/mol. The lowest BCUT2D eigenvalue weighted by molar-refractivity contribution is -0.139. The number of aliphatic hydroxyl groups excluding tert-OH is 3. The van der Waals surface area contributed by atoms with E-state index in [4.69, 9.17) is 9.47 Å². The highest BCUT2D eigenvalue weighted by atomic mass is 16.5. The molecule has 6 heteroatoms. The van der Waals surface area contributed by atoms with Crippen LogP contribution in [0.15, 0.2) is 11.6 Å². The second-order valence-corrected chi connectivity index (χ2v) is 13.0. The second-order valence-electron chi connectivity index (χ2n) is 13.0. The summed E-state index contributed by atoms with van der Waals surface area (Å²) in [4.78, 5) is 11.6. The van der Waals surface area contributed by atoms with Crippen LogP contribution < -0.4 is 0 Å². The Kier molecular flexibility index (Phi) is 20.0. The van der Waals surface area contributed by atoms with E-state index in [-0.39, 0.29) is 24.3 Å². The average Bonchev–Trinajstić information content (AvgIpc) is 3.57. The third kappa shape index (κ3) is 16.5. The molecule has 41 heavy (non-hydrogen) atoms. The minimum atomic E-state index is -0.461. The van der Waals surface area contributed by atoms with Gasteiger partial charge in [-0.2, -0.15) is 0 Å². The van der Waals surface area contributed by atoms with E-state index < -0.39 is 18.3 Å². The van der Waals surface area contributed by atoms with Gasteiger partial charge in [0.05, 0.1) is 30.5 Å². The van der Waals surface area contributed by atoms with Crippen LogP contribution in [0.5, 0.6) is 0 Å². The van der Waals surface area contributed by atoms with Crippen molar-refractivity contribution in [1.29, 1.82) is 0 Å². The van der Waals surface area contributed by atoms with Gasteiger partial charge >= 0.3 is 5.97 Å². The highest BCUT2D eigenvalue weighted by Gasteiger charge is 2.34. The molecule has 6 nitrogen and oxygen atoms in total. The van der Waals surface area contributed by atoms with Gasteiger partial charge in [-0.15, -0.1) is 0 Å². The first-order valence-corrected chi connectivity index (χ1v) is 17.5. The molecule has 0 radical (unpaired) electrons. The van der Waals surface area contributed by atoms with Gasteiger partial charge in [-0.05, 0) is 45.1 Å². The zero-order valence-corrected chi connectivity index (χ0v) is 26.6. The van der Waals surface area contributed by atoms with E-state index in [2.05, 4.69) is 6.92 Å². The zero-order valence-electron chi connectivity index (χ0n) is 26.6. The van der Waals surface area contributed by atoms with Crippen molar-refractivity contribution >= 4 is 5.97 Å². The number of hydrogen-bond donors (Lipinski definition) is 3. The molecular formula is C35H64O6. The van der Waals surface area contributed by atoms with E-state index in [0.29, 0.717) is 12.0 Å². The summed E-state index contributed by atoms with van der Waals surface area (Å²) in [7, 11) is 0. The summed E-state index contributed by atoms with van der Waals surface area (Å²) in [6, 6.07) is 0. The molecule has 2 rings (SSSR count). The summed E-state index contributed by atoms with van der Waals surface area (Å²) in [5, 5.41) is 31.4. The Morgan fingerprint density at radius 1 is 0.683 bits per heavy atom. The number of ether oxygens (including phenoxy) is 2. The zero-order chi connectivity index (χ0) is 29.7. The topological polar surface area (TPSA) is 96.2 Å². The highest BCUT2D eigenvalue weighted by Crippen LogP contribution is 2.28. The van der Waals surface area contributed by atoms with Crippen LogP contribution in [-0.4, -0.2) is 57.9 Å². The van der Waals surface area contributed by atoms with Crippen LogP contribution in [0, 0.1) is 0 Å². The number of cyclic esters (lactones) is 1. The van der Waals surface area contributed by atoms with Gasteiger partial charge in [-0.1, -0.05) is 122 Å². The molecule has 2 aliphatic heterocycles. The summed E-state index contributed by atoms with van der Waals surface area (Å²) in [6.45, 7) is 4.10. The predicted molar refractivity (Wildman–Crippen MR) is 167 cm³/mol. The largest absolute Gasteiger partial charge is 0.455 e. The molecule has 2 heterocycles. The third-order valence-corrected chi connectivity index (χ3v) is 9.03. The summed E-state index contributed by atoms with van der Waals surface area (Å²) in [6.07, 6.45) is 26.7. The highest BCUT2D eigenvalue weighted by molar-refractivity contribution is 5.90. The van der Waals surface area contributed by atoms with Crippen molar-refractivity contribution in [2.75, 3.05) is 0 Å². The molecular weight excluding hydrogens is 516 g/mol. The minimum absolute atomic E-state index is 0.102. The lowest BCUT2D eigenvalue weighted by Gasteiger charge is -2.22. The molecule has 6 atom stereocenters. The first-order valence-electron chi connectivity index (χ1n) is 17.5. The number of carbonyl (C=O) groups is 1. The first-order chi connectivity index (χ1) is 19.9. The Morgan fingerprint density at radius 3 is 1.51 bits per heavy atom. The van der Waals surface area contributed by atoms with Crippen molar-refractivity contribution in [1.82, 2.24) is 0 Å². The number of unbranched alkanes of at least 4 members (excludes halogenated alkanes) is 16. The molecule has 0 amide bonds. The fourth-order valence-electron chi connectivity index (χ4n) is 6.40. The van der Waals surface area contributed by atoms with Gasteiger partial charge in [0.2, 0.25) is 0 Å². The van der Waals surface area contributed by atoms with Crippen LogP contribution in [0.1, 0.15) is 168 Å². The third-order valence-electron chi connectivity index (χ3n) is 9.03. The van der Waals surface area contributed by atoms with Crippen LogP contribution in [0.2, 0.25) is 0 Å². The summed E-state index contributed by atoms with van der Waals surface area (Å²) < 4.78 is 11.2. The molecule has 0 aromatic heterocycles. The second kappa shape index (κ2) is 22.6. The molecule has 0 spiro atoms. The van der Waals surface area contributed by atoms with Crippen molar-refractivity contribution in [2.45, 2.75) is 205 Å². The minimum Gasteiger partial charge on any atom is -0.455 e. The molecule has 0 saturated carbocycles. The van der Waals surface area contributed by atoms with E-state index >= 15 is 0 Å². The molecule has 0 aliphatic carbocycles. The van der Waals surface area contributed by atoms with Gasteiger partial charge in [0.15, 0.2) is 0 Å². The number of carbonyl (C=O) groups excluding carboxylic acids is 1. The van der Waals surface area contributed by atoms with Crippen molar-refractivity contribution < 1.29 is 29.6 Å². The normalized spacial score (nSPS) is 23.0. The van der Waals surface area contributed by atoms with Crippen molar-refractivity contribution in [3.63, 3.8) is 0 Å². The van der Waals surface area contributed by atoms with Crippen molar-refractivity contribution in [3.05, 3.63) is 11.6 Å². The van der Waals surface area contributed by atoms with E-state index in [1.807, 2.05) is 13.0 Å². The van der Waals surface area contributed by atoms with Crippen molar-refractivity contribution in [3.8, 4) is 0 Å². The van der Waals surface area contributed by atoms with Crippen LogP contribution in [-0.2, 0) is 14.3 Å². The van der Waals surface area contributed by atoms with E-state index in [1.54, 1.807) is 0 Å². The van der Waals surface area contributed by atoms with E-state index in [1.165, 1.54) is 83.5 Å². The fraction of sp³-hybridized carbons (Fsp3) is 0.914. The van der Waals surface area contributed by atoms with E-state index in [0.717, 1.165) is 64.2 Å². The maximum absolute atomic E-state index is 11.6. The Labute approximate surface area is 251 Å². The number of rotatable bonds is 26. The number of esters is 1. The van der Waals surface area contributed by atoms with Crippen LogP contribution in [0.25, 0.3) is 0 Å². The molecule has 0 aromatic carbocycles. The van der Waals surface area contributed by atoms with E-state index in [9.17, 15) is 20.1 Å². The van der Waals surface area contributed by atoms with Gasteiger partial charge in [-0.3, -0.25) is 0 Å². The quantitative estimate of drug-likeness (QED) is 0.0707. The van der Waals surface area contributed by atoms with Gasteiger partial charge in [0, 0.05) is 12.0 Å². The summed E-state index contributed by atoms with van der Waals surface area (Å²) in [5.74, 6) is -0.280. The molecule has 3 N–H and O–H groups in total. The van der Waals surface area contributed by atoms with Gasteiger partial charge < -0.3 is 24.8 Å². The Balaban J connectivity index is 1.37. The predicted octanol–water partition coefficient (Wildman–Crippen LogP) is 8.09. The SMILES string of the molecule is CCCCCCCCCCCCC(O)C1CCC(C(O)CCCCCCCCCC[C@@H](O)CC2=C[C@H](C)OC2=O)O1. The molecule has 4 unspecified atom stereocenters. The van der Waals surface area contributed by atoms with Crippen LogP contribution in [0.4, 0.5) is 0 Å². The lowest BCUT2D eigenvalue weighted by Crippen LogP contribution is -2.31. The molecule has 1 saturated heterocycles. The number of aliphatic hydroxyl groups is 3. The van der Waals surface area contributed by atoms with Crippen molar-refractivity contribution in [2.24, 2.45) is 0 Å². The standard InChI is InChI=1S/C35H64O6/c1-3-4-5-6-7-8-9-13-16-19-22-31(37)33-24-25-34(41-33)32(38)23-20-17-14-11-10-12-15-18-21-30(36)27-29-26-28(2)40-35(29)39/h26,28,30-34,36-38H,3-25,27H2,1-2H3/t28-,30+,31?,32?,33?,34?/m0/s1. The summed E-state index contributed by atoms with van der Waals surface area (Å²) >= 11 is 0. The maximum Gasteiger partial charge on any atom is 0.334 e. The van der Waals surface area contributed by atoms with Gasteiger partial charge in [-0.25, -0.2) is 4.79 Å². The average molecular weight is 581 g/mol. The molecule has 1 fully saturated rings. The number of hydrogen-bond acceptors (Lipinski definition) is 6. The fourth-order valence-corrected chi connectivity index (χ4v) is 6.40. The molecule has 240 valence electrons. The Hall–Kier alpha value is -0.950. The Morgan fingerprint density at radius 2 is 1.10 bits per heavy atom. The maximum atomic E-state index is 11.6. The Bertz CT molecular complexity index is 694. The summed E-state index contributed by atoms with van der Waals surface area (Å²) in [5.41, 5.74) is 0.617. The van der Waals surface area contributed by atoms with Gasteiger partial charge in [0.25, 0.3) is 0 Å².